The zero-order valence-electron chi connectivity index (χ0n) is 11.7. The van der Waals surface area contributed by atoms with Gasteiger partial charge >= 0.3 is 0 Å². The number of rotatable bonds is 6. The Morgan fingerprint density at radius 3 is 2.70 bits per heavy atom. The molecule has 0 amide bonds. The van der Waals surface area contributed by atoms with Crippen LogP contribution in [0.1, 0.15) is 36.3 Å². The molecule has 2 aromatic rings. The average Bonchev–Trinajstić information content (AvgIpc) is 2.80. The van der Waals surface area contributed by atoms with Crippen LogP contribution in [-0.2, 0) is 6.42 Å². The van der Waals surface area contributed by atoms with E-state index in [-0.39, 0.29) is 11.9 Å². The monoisotopic (exact) mass is 339 g/mol. The van der Waals surface area contributed by atoms with Crippen LogP contribution in [0.4, 0.5) is 4.39 Å². The SMILES string of the molecule is CCCNC(Cc1cc(F)cc(Br)c1)c1coc(C)c1. The molecule has 2 rings (SSSR count). The Morgan fingerprint density at radius 1 is 1.30 bits per heavy atom. The summed E-state index contributed by atoms with van der Waals surface area (Å²) in [7, 11) is 0. The number of hydrogen-bond acceptors (Lipinski definition) is 2. The molecule has 0 saturated carbocycles. The lowest BCUT2D eigenvalue weighted by atomic mass is 10.0. The van der Waals surface area contributed by atoms with E-state index in [1.807, 2.05) is 19.1 Å². The summed E-state index contributed by atoms with van der Waals surface area (Å²) < 4.78 is 19.6. The van der Waals surface area contributed by atoms with Crippen LogP contribution in [0.2, 0.25) is 0 Å². The quantitative estimate of drug-likeness (QED) is 0.819. The summed E-state index contributed by atoms with van der Waals surface area (Å²) in [4.78, 5) is 0. The van der Waals surface area contributed by atoms with Crippen molar-refractivity contribution in [1.29, 1.82) is 0 Å². The van der Waals surface area contributed by atoms with Gasteiger partial charge in [0.15, 0.2) is 0 Å². The molecule has 0 aliphatic heterocycles. The first-order valence-electron chi connectivity index (χ1n) is 6.82. The van der Waals surface area contributed by atoms with Crippen molar-refractivity contribution in [3.63, 3.8) is 0 Å². The van der Waals surface area contributed by atoms with Crippen LogP contribution in [0.15, 0.2) is 39.4 Å². The van der Waals surface area contributed by atoms with Gasteiger partial charge in [0.05, 0.1) is 6.26 Å². The van der Waals surface area contributed by atoms with E-state index in [1.165, 1.54) is 6.07 Å². The van der Waals surface area contributed by atoms with Crippen molar-refractivity contribution in [3.8, 4) is 0 Å². The first-order chi connectivity index (χ1) is 9.58. The molecule has 0 aliphatic carbocycles. The second-order valence-corrected chi connectivity index (χ2v) is 5.89. The summed E-state index contributed by atoms with van der Waals surface area (Å²) in [6.07, 6.45) is 3.56. The summed E-state index contributed by atoms with van der Waals surface area (Å²) in [5.41, 5.74) is 2.07. The Bertz CT molecular complexity index is 547. The number of hydrogen-bond donors (Lipinski definition) is 1. The van der Waals surface area contributed by atoms with Crippen molar-refractivity contribution in [2.45, 2.75) is 32.7 Å². The minimum Gasteiger partial charge on any atom is -0.469 e. The standard InChI is InChI=1S/C16H19BrFNO/c1-3-4-19-16(13-5-11(2)20-10-13)8-12-6-14(17)9-15(18)7-12/h5-7,9-10,16,19H,3-4,8H2,1-2H3. The molecule has 1 N–H and O–H groups in total. The molecule has 1 unspecified atom stereocenters. The fourth-order valence-corrected chi connectivity index (χ4v) is 2.75. The fourth-order valence-electron chi connectivity index (χ4n) is 2.24. The second kappa shape index (κ2) is 7.04. The van der Waals surface area contributed by atoms with Gasteiger partial charge < -0.3 is 9.73 Å². The van der Waals surface area contributed by atoms with Crippen LogP contribution < -0.4 is 5.32 Å². The van der Waals surface area contributed by atoms with Crippen LogP contribution in [0.3, 0.4) is 0 Å². The summed E-state index contributed by atoms with van der Waals surface area (Å²) >= 11 is 3.34. The molecule has 0 saturated heterocycles. The molecule has 4 heteroatoms. The third-order valence-corrected chi connectivity index (χ3v) is 3.61. The lowest BCUT2D eigenvalue weighted by molar-refractivity contribution is 0.502. The van der Waals surface area contributed by atoms with Gasteiger partial charge in [-0.2, -0.15) is 0 Å². The highest BCUT2D eigenvalue weighted by molar-refractivity contribution is 9.10. The maximum atomic E-state index is 13.5. The highest BCUT2D eigenvalue weighted by atomic mass is 79.9. The highest BCUT2D eigenvalue weighted by Gasteiger charge is 2.14. The molecule has 20 heavy (non-hydrogen) atoms. The Labute approximate surface area is 127 Å². The molecule has 0 bridgehead atoms. The largest absolute Gasteiger partial charge is 0.469 e. The third-order valence-electron chi connectivity index (χ3n) is 3.16. The predicted molar refractivity (Wildman–Crippen MR) is 82.3 cm³/mol. The Hall–Kier alpha value is -1.13. The Morgan fingerprint density at radius 2 is 2.10 bits per heavy atom. The molecule has 2 nitrogen and oxygen atoms in total. The van der Waals surface area contributed by atoms with Crippen LogP contribution in [0.25, 0.3) is 0 Å². The molecule has 1 atom stereocenters. The van der Waals surface area contributed by atoms with Crippen LogP contribution >= 0.6 is 15.9 Å². The number of furan rings is 1. The maximum Gasteiger partial charge on any atom is 0.124 e. The van der Waals surface area contributed by atoms with E-state index in [0.717, 1.165) is 40.7 Å². The highest BCUT2D eigenvalue weighted by Crippen LogP contribution is 2.23. The van der Waals surface area contributed by atoms with Crippen LogP contribution in [0.5, 0.6) is 0 Å². The Balaban J connectivity index is 2.18. The molecule has 108 valence electrons. The van der Waals surface area contributed by atoms with Crippen LogP contribution in [0, 0.1) is 12.7 Å². The lowest BCUT2D eigenvalue weighted by Crippen LogP contribution is -2.23. The topological polar surface area (TPSA) is 25.2 Å². The van der Waals surface area contributed by atoms with Crippen molar-refractivity contribution in [2.75, 3.05) is 6.54 Å². The summed E-state index contributed by atoms with van der Waals surface area (Å²) in [6.45, 7) is 4.98. The Kier molecular flexibility index (Phi) is 5.38. The fraction of sp³-hybridized carbons (Fsp3) is 0.375. The first-order valence-corrected chi connectivity index (χ1v) is 7.61. The molecular formula is C16H19BrFNO. The van der Waals surface area contributed by atoms with Gasteiger partial charge in [0.25, 0.3) is 0 Å². The first kappa shape index (κ1) is 15.3. The molecule has 1 aromatic carbocycles. The number of nitrogens with one attached hydrogen (secondary N) is 1. The van der Waals surface area contributed by atoms with Gasteiger partial charge in [0.2, 0.25) is 0 Å². The number of aryl methyl sites for hydroxylation is 1. The van der Waals surface area contributed by atoms with Gasteiger partial charge in [-0.3, -0.25) is 0 Å². The van der Waals surface area contributed by atoms with Gasteiger partial charge in [-0.15, -0.1) is 0 Å². The minimum atomic E-state index is -0.216. The predicted octanol–water partition coefficient (Wildman–Crippen LogP) is 4.77. The van der Waals surface area contributed by atoms with Gasteiger partial charge in [-0.25, -0.2) is 4.39 Å². The van der Waals surface area contributed by atoms with Gasteiger partial charge in [-0.05, 0) is 56.1 Å². The van der Waals surface area contributed by atoms with E-state index in [0.29, 0.717) is 0 Å². The van der Waals surface area contributed by atoms with E-state index >= 15 is 0 Å². The molecule has 0 spiro atoms. The van der Waals surface area contributed by atoms with Crippen molar-refractivity contribution in [3.05, 3.63) is 57.7 Å². The minimum absolute atomic E-state index is 0.140. The number of benzene rings is 1. The number of halogens is 2. The molecule has 0 aliphatic rings. The second-order valence-electron chi connectivity index (χ2n) is 4.98. The smallest absolute Gasteiger partial charge is 0.124 e. The van der Waals surface area contributed by atoms with E-state index in [9.17, 15) is 4.39 Å². The molecule has 0 fully saturated rings. The van der Waals surface area contributed by atoms with Gasteiger partial charge in [-0.1, -0.05) is 22.9 Å². The molecule has 1 aromatic heterocycles. The van der Waals surface area contributed by atoms with Gasteiger partial charge in [0.1, 0.15) is 11.6 Å². The van der Waals surface area contributed by atoms with Crippen molar-refractivity contribution >= 4 is 15.9 Å². The third kappa shape index (κ3) is 4.18. The van der Waals surface area contributed by atoms with Crippen molar-refractivity contribution in [2.24, 2.45) is 0 Å². The van der Waals surface area contributed by atoms with Crippen molar-refractivity contribution in [1.82, 2.24) is 5.32 Å². The van der Waals surface area contributed by atoms with Crippen molar-refractivity contribution < 1.29 is 8.81 Å². The van der Waals surface area contributed by atoms with E-state index in [2.05, 4.69) is 28.2 Å². The van der Waals surface area contributed by atoms with E-state index < -0.39 is 0 Å². The summed E-state index contributed by atoms with van der Waals surface area (Å²) in [6, 6.07) is 7.18. The van der Waals surface area contributed by atoms with Gasteiger partial charge in [0, 0.05) is 16.1 Å². The average molecular weight is 340 g/mol. The molecular weight excluding hydrogens is 321 g/mol. The molecule has 0 radical (unpaired) electrons. The summed E-state index contributed by atoms with van der Waals surface area (Å²) in [5, 5.41) is 3.49. The zero-order valence-corrected chi connectivity index (χ0v) is 13.3. The normalized spacial score (nSPS) is 12.6. The summed E-state index contributed by atoms with van der Waals surface area (Å²) in [5.74, 6) is 0.677. The maximum absolute atomic E-state index is 13.5. The van der Waals surface area contributed by atoms with Crippen LogP contribution in [-0.4, -0.2) is 6.54 Å². The van der Waals surface area contributed by atoms with E-state index in [4.69, 9.17) is 4.42 Å². The zero-order chi connectivity index (χ0) is 14.5. The van der Waals surface area contributed by atoms with E-state index in [1.54, 1.807) is 12.3 Å². The molecule has 1 heterocycles. The lowest BCUT2D eigenvalue weighted by Gasteiger charge is -2.17.